The molecule has 11 amide bonds. The molecule has 0 aliphatic carbocycles. The summed E-state index contributed by atoms with van der Waals surface area (Å²) in [6, 6.07) is -6.02. The fourth-order valence-corrected chi connectivity index (χ4v) is 8.84. The molecule has 15 N–H and O–H groups in total. The summed E-state index contributed by atoms with van der Waals surface area (Å²) in [7, 11) is 1.60. The van der Waals surface area contributed by atoms with E-state index in [0.717, 1.165) is 5.56 Å². The summed E-state index contributed by atoms with van der Waals surface area (Å²) in [4.78, 5) is 164. The van der Waals surface area contributed by atoms with E-state index in [1.54, 1.807) is 76.3 Å². The Morgan fingerprint density at radius 2 is 1.00 bits per heavy atom. The molecule has 472 valence electrons. The normalized spacial score (nSPS) is 21.6. The van der Waals surface area contributed by atoms with Gasteiger partial charge in [-0.05, 0) is 68.9 Å². The lowest BCUT2D eigenvalue weighted by Gasteiger charge is -2.31. The number of amides is 11. The highest BCUT2D eigenvalue weighted by Gasteiger charge is 2.41. The third-order valence-electron chi connectivity index (χ3n) is 15.4. The number of hydrogen-bond donors (Lipinski definition) is 14. The first kappa shape index (κ1) is 72.8. The molecule has 0 aromatic heterocycles. The zero-order valence-corrected chi connectivity index (χ0v) is 50.8. The van der Waals surface area contributed by atoms with Gasteiger partial charge in [-0.3, -0.25) is 52.7 Å². The summed E-state index contributed by atoms with van der Waals surface area (Å²) < 4.78 is 5.69. The molecule has 16 atom stereocenters. The van der Waals surface area contributed by atoms with Crippen LogP contribution in [0.25, 0.3) is 0 Å². The van der Waals surface area contributed by atoms with E-state index in [1.165, 1.54) is 13.8 Å². The maximum atomic E-state index is 14.4. The molecular formula is C57H94N12O15. The number of hydrogen-bond acceptors (Lipinski definition) is 16. The van der Waals surface area contributed by atoms with Crippen LogP contribution in [-0.4, -0.2) is 174 Å². The molecule has 0 spiro atoms. The summed E-state index contributed by atoms with van der Waals surface area (Å²) >= 11 is 0. The number of ether oxygens (including phenoxy) is 1. The number of nitrogens with one attached hydrogen (secondary N) is 11. The highest BCUT2D eigenvalue weighted by Crippen LogP contribution is 2.17. The van der Waals surface area contributed by atoms with E-state index in [9.17, 15) is 67.7 Å². The molecular weight excluding hydrogens is 1090 g/mol. The van der Waals surface area contributed by atoms with Crippen molar-refractivity contribution in [2.45, 2.75) is 201 Å². The molecule has 2 rings (SSSR count). The molecule has 0 radical (unpaired) electrons. The fraction of sp³-hybridized carbons (Fsp3) is 0.684. The summed E-state index contributed by atoms with van der Waals surface area (Å²) in [6.45, 7) is 17.6. The van der Waals surface area contributed by atoms with Gasteiger partial charge < -0.3 is 79.2 Å². The Labute approximate surface area is 492 Å². The lowest BCUT2D eigenvalue weighted by Crippen LogP contribution is -2.63. The Hall–Kier alpha value is -7.26. The molecule has 1 aromatic carbocycles. The standard InChI is InChI=1S/C57H94N12O15/c1-14-29(7)42(66-49(75)37(59-13)25-35-21-19-18-20-22-35)53(79)62-38(26-70)50(76)61-36(23-24-40(58)72)48(74)65-44(31(9)16-3)55(81)67-43(30(8)15-2)54(80)63-39(27-71)51(77)69-46-34(12)84-57(83)45(32(10)17-4)68-52(78)41(28(5)6)64-47(73)33(11)60-56(46)82/h18-22,28-34,36-39,41-46,59,70-71H,14-17,23-27H2,1-13H3,(H2,58,72)(H,60,82)(H,61,76)(H,62,79)(H,63,80)(H,64,73)(H,65,74)(H,66,75)(H,67,81)(H,68,78)(H,69,77)/t29-,30-,31+,32-,33-,34-,36+,37+,38-,39-,41-,42-,43-,44+,45-,46+/m0/s1. The van der Waals surface area contributed by atoms with E-state index in [4.69, 9.17) is 10.5 Å². The SMILES string of the molecule is CC[C@@H](C)[C@@H](NC(=O)[C@@H](CCC(N)=O)NC(=O)[C@H](CO)NC(=O)[C@@H](NC(=O)[C@@H](Cc1ccccc1)NC)[C@@H](C)CC)C(=O)N[C@H](C(=O)N[C@@H](CO)C(=O)N[C@H]1C(=O)N[C@@H](C)C(=O)N[C@@H](C(C)C)C(=O)N[C@@H]([C@@H](C)CC)C(=O)O[C@H]1C)[C@@H](C)CC. The fourth-order valence-electron chi connectivity index (χ4n) is 8.84. The Balaban J connectivity index is 2.40. The Kier molecular flexibility index (Phi) is 31.0. The number of likely N-dealkylation sites (N-methyl/N-ethyl adjacent to an activating group) is 1. The minimum Gasteiger partial charge on any atom is -0.458 e. The van der Waals surface area contributed by atoms with Crippen LogP contribution in [0.3, 0.4) is 0 Å². The molecule has 0 bridgehead atoms. The van der Waals surface area contributed by atoms with Gasteiger partial charge in [-0.15, -0.1) is 0 Å². The van der Waals surface area contributed by atoms with Crippen LogP contribution in [0.4, 0.5) is 0 Å². The zero-order valence-electron chi connectivity index (χ0n) is 50.8. The number of aliphatic hydroxyl groups excluding tert-OH is 2. The van der Waals surface area contributed by atoms with Crippen LogP contribution in [0, 0.1) is 29.6 Å². The monoisotopic (exact) mass is 1190 g/mol. The molecule has 0 unspecified atom stereocenters. The van der Waals surface area contributed by atoms with Gasteiger partial charge in [-0.1, -0.05) is 125 Å². The van der Waals surface area contributed by atoms with E-state index in [2.05, 4.69) is 58.5 Å². The minimum atomic E-state index is -1.80. The Bertz CT molecular complexity index is 2420. The first-order valence-corrected chi connectivity index (χ1v) is 29.0. The van der Waals surface area contributed by atoms with Crippen molar-refractivity contribution in [1.82, 2.24) is 58.5 Å². The number of esters is 1. The number of carbonyl (C=O) groups is 12. The van der Waals surface area contributed by atoms with Crippen LogP contribution in [0.15, 0.2) is 30.3 Å². The van der Waals surface area contributed by atoms with E-state index >= 15 is 0 Å². The molecule has 1 fully saturated rings. The van der Waals surface area contributed by atoms with Crippen molar-refractivity contribution >= 4 is 70.9 Å². The van der Waals surface area contributed by atoms with Gasteiger partial charge in [-0.25, -0.2) is 4.79 Å². The Morgan fingerprint density at radius 1 is 0.560 bits per heavy atom. The van der Waals surface area contributed by atoms with E-state index in [-0.39, 0.29) is 12.8 Å². The van der Waals surface area contributed by atoms with Crippen LogP contribution in [0.5, 0.6) is 0 Å². The molecule has 1 saturated heterocycles. The average molecular weight is 1190 g/mol. The van der Waals surface area contributed by atoms with E-state index < -0.39 is 199 Å². The molecule has 27 heteroatoms. The molecule has 1 aromatic rings. The quantitative estimate of drug-likeness (QED) is 0.0348. The second-order valence-electron chi connectivity index (χ2n) is 22.2. The molecule has 1 aliphatic heterocycles. The van der Waals surface area contributed by atoms with Crippen molar-refractivity contribution in [1.29, 1.82) is 0 Å². The van der Waals surface area contributed by atoms with Crippen LogP contribution in [-0.2, 0) is 68.7 Å². The predicted molar refractivity (Wildman–Crippen MR) is 309 cm³/mol. The number of cyclic esters (lactones) is 1. The van der Waals surface area contributed by atoms with Crippen LogP contribution in [0.1, 0.15) is 127 Å². The van der Waals surface area contributed by atoms with E-state index in [1.807, 2.05) is 30.3 Å². The van der Waals surface area contributed by atoms with Crippen molar-refractivity contribution in [2.24, 2.45) is 35.3 Å². The number of nitrogens with two attached hydrogens (primary N) is 1. The maximum absolute atomic E-state index is 14.4. The molecule has 84 heavy (non-hydrogen) atoms. The molecule has 1 heterocycles. The third kappa shape index (κ3) is 22.1. The van der Waals surface area contributed by atoms with Gasteiger partial charge in [0.2, 0.25) is 65.0 Å². The summed E-state index contributed by atoms with van der Waals surface area (Å²) in [5.74, 6) is -13.3. The van der Waals surface area contributed by atoms with Gasteiger partial charge in [0.05, 0.1) is 19.3 Å². The number of rotatable bonds is 31. The second kappa shape index (κ2) is 35.8. The van der Waals surface area contributed by atoms with Crippen molar-refractivity contribution in [3.63, 3.8) is 0 Å². The van der Waals surface area contributed by atoms with E-state index in [0.29, 0.717) is 19.3 Å². The molecule has 1 aliphatic rings. The zero-order chi connectivity index (χ0) is 63.7. The Morgan fingerprint density at radius 3 is 1.45 bits per heavy atom. The number of primary amides is 1. The minimum absolute atomic E-state index is 0.264. The average Bonchev–Trinajstić information content (AvgIpc) is 3.60. The highest BCUT2D eigenvalue weighted by atomic mass is 16.5. The smallest absolute Gasteiger partial charge is 0.329 e. The van der Waals surface area contributed by atoms with Gasteiger partial charge >= 0.3 is 5.97 Å². The van der Waals surface area contributed by atoms with Crippen molar-refractivity contribution < 1.29 is 72.5 Å². The lowest BCUT2D eigenvalue weighted by molar-refractivity contribution is -0.157. The second-order valence-corrected chi connectivity index (χ2v) is 22.2. The largest absolute Gasteiger partial charge is 0.458 e. The number of benzene rings is 1. The maximum Gasteiger partial charge on any atom is 0.329 e. The van der Waals surface area contributed by atoms with Crippen molar-refractivity contribution in [3.8, 4) is 0 Å². The van der Waals surface area contributed by atoms with Crippen molar-refractivity contribution in [2.75, 3.05) is 20.3 Å². The predicted octanol–water partition coefficient (Wildman–Crippen LogP) is -2.28. The van der Waals surface area contributed by atoms with Gasteiger partial charge in [0, 0.05) is 6.42 Å². The summed E-state index contributed by atoms with van der Waals surface area (Å²) in [5, 5.41) is 49.3. The summed E-state index contributed by atoms with van der Waals surface area (Å²) in [6.07, 6.45) is -0.636. The first-order valence-electron chi connectivity index (χ1n) is 29.0. The molecule has 27 nitrogen and oxygen atoms in total. The van der Waals surface area contributed by atoms with Gasteiger partial charge in [-0.2, -0.15) is 0 Å². The van der Waals surface area contributed by atoms with Crippen LogP contribution >= 0.6 is 0 Å². The topological polar surface area (TPSA) is 413 Å². The first-order chi connectivity index (χ1) is 39.5. The van der Waals surface area contributed by atoms with Crippen LogP contribution in [0.2, 0.25) is 0 Å². The lowest BCUT2D eigenvalue weighted by atomic mass is 9.94. The van der Waals surface area contributed by atoms with Crippen LogP contribution < -0.4 is 64.2 Å². The van der Waals surface area contributed by atoms with Gasteiger partial charge in [0.1, 0.15) is 66.5 Å². The summed E-state index contributed by atoms with van der Waals surface area (Å²) in [5.41, 5.74) is 6.30. The van der Waals surface area contributed by atoms with Gasteiger partial charge in [0.15, 0.2) is 0 Å². The third-order valence-corrected chi connectivity index (χ3v) is 15.4. The van der Waals surface area contributed by atoms with Gasteiger partial charge in [0.25, 0.3) is 0 Å². The number of aliphatic hydroxyl groups is 2. The highest BCUT2D eigenvalue weighted by molar-refractivity contribution is 5.99. The number of carbonyl (C=O) groups excluding carboxylic acids is 12. The molecule has 0 saturated carbocycles. The van der Waals surface area contributed by atoms with Crippen molar-refractivity contribution in [3.05, 3.63) is 35.9 Å².